The highest BCUT2D eigenvalue weighted by Gasteiger charge is 2.02. The fraction of sp³-hybridized carbons (Fsp3) is 0.200. The van der Waals surface area contributed by atoms with Crippen LogP contribution < -0.4 is 5.32 Å². The fourth-order valence-corrected chi connectivity index (χ4v) is 1.83. The van der Waals surface area contributed by atoms with Gasteiger partial charge >= 0.3 is 5.97 Å². The predicted molar refractivity (Wildman–Crippen MR) is 73.0 cm³/mol. The van der Waals surface area contributed by atoms with Crippen LogP contribution >= 0.6 is 0 Å². The number of hydrogen-bond acceptors (Lipinski definition) is 3. The van der Waals surface area contributed by atoms with Crippen molar-refractivity contribution in [3.05, 3.63) is 65.5 Å². The van der Waals surface area contributed by atoms with Gasteiger partial charge in [-0.1, -0.05) is 12.1 Å². The Labute approximate surface area is 112 Å². The maximum absolute atomic E-state index is 10.8. The van der Waals surface area contributed by atoms with Crippen LogP contribution in [0.15, 0.2) is 48.8 Å². The quantitative estimate of drug-likeness (QED) is 0.777. The van der Waals surface area contributed by atoms with Gasteiger partial charge in [0, 0.05) is 18.9 Å². The van der Waals surface area contributed by atoms with E-state index in [1.165, 1.54) is 5.56 Å². The average molecular weight is 256 g/mol. The molecule has 2 aromatic rings. The Hall–Kier alpha value is -2.20. The zero-order valence-electron chi connectivity index (χ0n) is 10.5. The predicted octanol–water partition coefficient (Wildman–Crippen LogP) is 2.11. The van der Waals surface area contributed by atoms with Crippen LogP contribution in [-0.4, -0.2) is 22.6 Å². The van der Waals surface area contributed by atoms with Gasteiger partial charge in [0.15, 0.2) is 0 Å². The molecule has 19 heavy (non-hydrogen) atoms. The zero-order chi connectivity index (χ0) is 13.5. The lowest BCUT2D eigenvalue weighted by molar-refractivity contribution is 0.0696. The van der Waals surface area contributed by atoms with Crippen molar-refractivity contribution in [1.29, 1.82) is 0 Å². The number of nitrogens with one attached hydrogen (secondary N) is 1. The van der Waals surface area contributed by atoms with Crippen LogP contribution in [0.1, 0.15) is 21.5 Å². The fourth-order valence-electron chi connectivity index (χ4n) is 1.83. The molecule has 0 aliphatic rings. The second kappa shape index (κ2) is 6.66. The Kier molecular flexibility index (Phi) is 4.64. The molecule has 98 valence electrons. The van der Waals surface area contributed by atoms with E-state index in [1.807, 2.05) is 18.2 Å². The molecule has 0 aliphatic heterocycles. The van der Waals surface area contributed by atoms with Crippen molar-refractivity contribution in [3.63, 3.8) is 0 Å². The monoisotopic (exact) mass is 256 g/mol. The Bertz CT molecular complexity index is 541. The molecular formula is C15H16N2O2. The SMILES string of the molecule is O=C(O)c1cccc(CNCCc2ccncc2)c1. The second-order valence-electron chi connectivity index (χ2n) is 4.29. The summed E-state index contributed by atoms with van der Waals surface area (Å²) in [6.07, 6.45) is 4.50. The van der Waals surface area contributed by atoms with E-state index >= 15 is 0 Å². The molecule has 2 rings (SSSR count). The molecule has 0 fully saturated rings. The van der Waals surface area contributed by atoms with E-state index in [0.29, 0.717) is 12.1 Å². The highest BCUT2D eigenvalue weighted by atomic mass is 16.4. The van der Waals surface area contributed by atoms with Crippen LogP contribution in [0.25, 0.3) is 0 Å². The van der Waals surface area contributed by atoms with E-state index < -0.39 is 5.97 Å². The molecule has 4 nitrogen and oxygen atoms in total. The molecule has 1 aromatic carbocycles. The van der Waals surface area contributed by atoms with Gasteiger partial charge in [0.2, 0.25) is 0 Å². The van der Waals surface area contributed by atoms with E-state index in [-0.39, 0.29) is 0 Å². The van der Waals surface area contributed by atoms with Gasteiger partial charge in [0.05, 0.1) is 5.56 Å². The average Bonchev–Trinajstić information content (AvgIpc) is 2.45. The minimum atomic E-state index is -0.890. The lowest BCUT2D eigenvalue weighted by atomic mass is 10.1. The Morgan fingerprint density at radius 3 is 2.68 bits per heavy atom. The summed E-state index contributed by atoms with van der Waals surface area (Å²) in [6, 6.07) is 11.0. The summed E-state index contributed by atoms with van der Waals surface area (Å²) in [4.78, 5) is 14.8. The van der Waals surface area contributed by atoms with Crippen molar-refractivity contribution < 1.29 is 9.90 Å². The Balaban J connectivity index is 1.80. The molecule has 0 bridgehead atoms. The lowest BCUT2D eigenvalue weighted by Gasteiger charge is -2.06. The number of carboxylic acid groups (broad SMARTS) is 1. The van der Waals surface area contributed by atoms with Gasteiger partial charge in [-0.2, -0.15) is 0 Å². The first kappa shape index (κ1) is 13.2. The van der Waals surface area contributed by atoms with E-state index in [1.54, 1.807) is 30.6 Å². The van der Waals surface area contributed by atoms with Crippen LogP contribution in [0, 0.1) is 0 Å². The maximum atomic E-state index is 10.8. The summed E-state index contributed by atoms with van der Waals surface area (Å²) in [7, 11) is 0. The normalized spacial score (nSPS) is 10.3. The van der Waals surface area contributed by atoms with Crippen LogP contribution in [0.2, 0.25) is 0 Å². The maximum Gasteiger partial charge on any atom is 0.335 e. The van der Waals surface area contributed by atoms with E-state index in [2.05, 4.69) is 10.3 Å². The molecule has 0 atom stereocenters. The summed E-state index contributed by atoms with van der Waals surface area (Å²) in [6.45, 7) is 1.52. The molecule has 0 saturated heterocycles. The number of aromatic carboxylic acids is 1. The summed E-state index contributed by atoms with van der Waals surface area (Å²) >= 11 is 0. The highest BCUT2D eigenvalue weighted by Crippen LogP contribution is 2.05. The van der Waals surface area contributed by atoms with E-state index in [9.17, 15) is 4.79 Å². The zero-order valence-corrected chi connectivity index (χ0v) is 10.5. The Morgan fingerprint density at radius 2 is 1.95 bits per heavy atom. The number of nitrogens with zero attached hydrogens (tertiary/aromatic N) is 1. The first-order chi connectivity index (χ1) is 9.25. The Morgan fingerprint density at radius 1 is 1.16 bits per heavy atom. The van der Waals surface area contributed by atoms with Crippen molar-refractivity contribution in [2.75, 3.05) is 6.54 Å². The number of carbonyl (C=O) groups is 1. The molecule has 0 unspecified atom stereocenters. The topological polar surface area (TPSA) is 62.2 Å². The molecule has 4 heteroatoms. The van der Waals surface area contributed by atoms with Crippen molar-refractivity contribution in [3.8, 4) is 0 Å². The van der Waals surface area contributed by atoms with Crippen LogP contribution in [0.3, 0.4) is 0 Å². The molecule has 0 aliphatic carbocycles. The van der Waals surface area contributed by atoms with Crippen LogP contribution in [-0.2, 0) is 13.0 Å². The second-order valence-corrected chi connectivity index (χ2v) is 4.29. The number of benzene rings is 1. The third-order valence-electron chi connectivity index (χ3n) is 2.84. The summed E-state index contributed by atoms with van der Waals surface area (Å²) in [5.41, 5.74) is 2.55. The van der Waals surface area contributed by atoms with Gasteiger partial charge in [-0.15, -0.1) is 0 Å². The largest absolute Gasteiger partial charge is 0.478 e. The van der Waals surface area contributed by atoms with Crippen molar-refractivity contribution in [2.24, 2.45) is 0 Å². The standard InChI is InChI=1S/C15H16N2O2/c18-15(19)14-3-1-2-13(10-14)11-17-9-6-12-4-7-16-8-5-12/h1-5,7-8,10,17H,6,9,11H2,(H,18,19). The molecule has 0 amide bonds. The van der Waals surface area contributed by atoms with Gasteiger partial charge in [0.1, 0.15) is 0 Å². The number of rotatable bonds is 6. The van der Waals surface area contributed by atoms with Gasteiger partial charge in [0.25, 0.3) is 0 Å². The third kappa shape index (κ3) is 4.19. The number of carboxylic acids is 1. The molecule has 1 aromatic heterocycles. The summed E-state index contributed by atoms with van der Waals surface area (Å²) < 4.78 is 0. The van der Waals surface area contributed by atoms with Gasteiger partial charge in [-0.05, 0) is 48.4 Å². The first-order valence-electron chi connectivity index (χ1n) is 6.17. The summed E-state index contributed by atoms with van der Waals surface area (Å²) in [5.74, 6) is -0.890. The molecule has 1 heterocycles. The first-order valence-corrected chi connectivity index (χ1v) is 6.17. The minimum absolute atomic E-state index is 0.327. The third-order valence-corrected chi connectivity index (χ3v) is 2.84. The van der Waals surface area contributed by atoms with Gasteiger partial charge in [-0.25, -0.2) is 4.79 Å². The number of hydrogen-bond donors (Lipinski definition) is 2. The van der Waals surface area contributed by atoms with Crippen LogP contribution in [0.5, 0.6) is 0 Å². The van der Waals surface area contributed by atoms with Gasteiger partial charge < -0.3 is 10.4 Å². The molecule has 0 spiro atoms. The van der Waals surface area contributed by atoms with E-state index in [0.717, 1.165) is 18.5 Å². The summed E-state index contributed by atoms with van der Waals surface area (Å²) in [5, 5.41) is 12.2. The molecule has 0 saturated carbocycles. The van der Waals surface area contributed by atoms with Crippen LogP contribution in [0.4, 0.5) is 0 Å². The molecular weight excluding hydrogens is 240 g/mol. The smallest absolute Gasteiger partial charge is 0.335 e. The van der Waals surface area contributed by atoms with E-state index in [4.69, 9.17) is 5.11 Å². The van der Waals surface area contributed by atoms with Crippen molar-refractivity contribution in [1.82, 2.24) is 10.3 Å². The molecule has 0 radical (unpaired) electrons. The molecule has 2 N–H and O–H groups in total. The minimum Gasteiger partial charge on any atom is -0.478 e. The van der Waals surface area contributed by atoms with Crippen molar-refractivity contribution >= 4 is 5.97 Å². The number of pyridine rings is 1. The van der Waals surface area contributed by atoms with Crippen molar-refractivity contribution in [2.45, 2.75) is 13.0 Å². The van der Waals surface area contributed by atoms with Gasteiger partial charge in [-0.3, -0.25) is 4.98 Å². The lowest BCUT2D eigenvalue weighted by Crippen LogP contribution is -2.17. The number of aromatic nitrogens is 1. The highest BCUT2D eigenvalue weighted by molar-refractivity contribution is 5.87.